The van der Waals surface area contributed by atoms with Crippen LogP contribution in [0.2, 0.25) is 0 Å². The second kappa shape index (κ2) is 3.85. The lowest BCUT2D eigenvalue weighted by atomic mass is 10.2. The molecule has 2 rings (SSSR count). The first-order valence-electron chi connectivity index (χ1n) is 4.69. The van der Waals surface area contributed by atoms with Crippen molar-refractivity contribution in [2.75, 3.05) is 0 Å². The molecule has 0 amide bonds. The largest absolute Gasteiger partial charge is 0.243 e. The molecule has 1 atom stereocenters. The van der Waals surface area contributed by atoms with Crippen LogP contribution in [0.25, 0.3) is 11.0 Å². The lowest BCUT2D eigenvalue weighted by Crippen LogP contribution is -2.07. The first-order valence-corrected chi connectivity index (χ1v) is 4.69. The highest BCUT2D eigenvalue weighted by Gasteiger charge is 2.11. The van der Waals surface area contributed by atoms with Gasteiger partial charge in [-0.15, -0.1) is 5.10 Å². The van der Waals surface area contributed by atoms with Gasteiger partial charge in [-0.2, -0.15) is 5.26 Å². The van der Waals surface area contributed by atoms with E-state index in [1.807, 2.05) is 6.07 Å². The molecule has 0 spiro atoms. The fourth-order valence-corrected chi connectivity index (χ4v) is 1.40. The van der Waals surface area contributed by atoms with E-state index >= 15 is 0 Å². The van der Waals surface area contributed by atoms with Crippen LogP contribution < -0.4 is 0 Å². The molecule has 82 valence electrons. The number of halogens is 2. The molecular formula is C10H8F2N4. The zero-order valence-electron chi connectivity index (χ0n) is 8.48. The lowest BCUT2D eigenvalue weighted by molar-refractivity contribution is 0.507. The van der Waals surface area contributed by atoms with Crippen LogP contribution in [0.1, 0.15) is 6.92 Å². The van der Waals surface area contributed by atoms with Crippen LogP contribution in [-0.4, -0.2) is 15.0 Å². The van der Waals surface area contributed by atoms with Gasteiger partial charge in [0.05, 0.1) is 24.0 Å². The summed E-state index contributed by atoms with van der Waals surface area (Å²) in [6, 6.07) is 4.07. The summed E-state index contributed by atoms with van der Waals surface area (Å²) in [5.41, 5.74) is 0.671. The summed E-state index contributed by atoms with van der Waals surface area (Å²) in [6.45, 7) is 2.02. The standard InChI is InChI=1S/C10H8F2N4/c1-6(4-13)5-16-10-3-8(12)7(11)2-9(10)14-15-16/h2-3,6H,5H2,1H3. The zero-order valence-corrected chi connectivity index (χ0v) is 8.48. The van der Waals surface area contributed by atoms with E-state index in [1.165, 1.54) is 4.68 Å². The maximum atomic E-state index is 13.0. The van der Waals surface area contributed by atoms with E-state index in [2.05, 4.69) is 10.3 Å². The van der Waals surface area contributed by atoms with Gasteiger partial charge in [-0.05, 0) is 6.92 Å². The van der Waals surface area contributed by atoms with E-state index in [0.29, 0.717) is 12.1 Å². The highest BCUT2D eigenvalue weighted by Crippen LogP contribution is 2.16. The number of hydrogen-bond acceptors (Lipinski definition) is 3. The molecule has 2 aromatic rings. The molecule has 0 fully saturated rings. The predicted octanol–water partition coefficient (Wildman–Crippen LogP) is 1.87. The third-order valence-electron chi connectivity index (χ3n) is 2.22. The Morgan fingerprint density at radius 2 is 2.12 bits per heavy atom. The Hall–Kier alpha value is -2.03. The van der Waals surface area contributed by atoms with Crippen LogP contribution in [0.4, 0.5) is 8.78 Å². The molecule has 0 radical (unpaired) electrons. The van der Waals surface area contributed by atoms with Crippen LogP contribution in [0, 0.1) is 28.9 Å². The summed E-state index contributed by atoms with van der Waals surface area (Å²) in [6.07, 6.45) is 0. The second-order valence-corrected chi connectivity index (χ2v) is 3.56. The van der Waals surface area contributed by atoms with Gasteiger partial charge in [0.15, 0.2) is 11.6 Å². The SMILES string of the molecule is CC(C#N)Cn1nnc2cc(F)c(F)cc21. The van der Waals surface area contributed by atoms with E-state index in [0.717, 1.165) is 12.1 Å². The summed E-state index contributed by atoms with van der Waals surface area (Å²) >= 11 is 0. The van der Waals surface area contributed by atoms with Crippen LogP contribution in [0.5, 0.6) is 0 Å². The van der Waals surface area contributed by atoms with Crippen molar-refractivity contribution >= 4 is 11.0 Å². The Labute approximate surface area is 90.1 Å². The molecule has 0 aliphatic rings. The first-order chi connectivity index (χ1) is 7.61. The molecule has 0 bridgehead atoms. The van der Waals surface area contributed by atoms with Gasteiger partial charge in [-0.25, -0.2) is 13.5 Å². The van der Waals surface area contributed by atoms with Gasteiger partial charge in [0.2, 0.25) is 0 Å². The number of nitrogens with zero attached hydrogens (tertiary/aromatic N) is 4. The average molecular weight is 222 g/mol. The topological polar surface area (TPSA) is 54.5 Å². The molecule has 6 heteroatoms. The van der Waals surface area contributed by atoms with Gasteiger partial charge in [-0.3, -0.25) is 0 Å². The van der Waals surface area contributed by atoms with Gasteiger partial charge in [-0.1, -0.05) is 5.21 Å². The van der Waals surface area contributed by atoms with Crippen molar-refractivity contribution in [2.24, 2.45) is 5.92 Å². The Balaban J connectivity index is 2.49. The highest BCUT2D eigenvalue weighted by molar-refractivity contribution is 5.74. The van der Waals surface area contributed by atoms with Crippen molar-refractivity contribution < 1.29 is 8.78 Å². The molecule has 1 aromatic heterocycles. The molecule has 0 saturated carbocycles. The van der Waals surface area contributed by atoms with Gasteiger partial charge >= 0.3 is 0 Å². The summed E-state index contributed by atoms with van der Waals surface area (Å²) in [5.74, 6) is -2.16. The molecule has 1 heterocycles. The molecule has 0 saturated heterocycles. The monoisotopic (exact) mass is 222 g/mol. The van der Waals surface area contributed by atoms with Gasteiger partial charge in [0, 0.05) is 12.1 Å². The zero-order chi connectivity index (χ0) is 11.7. The number of benzene rings is 1. The van der Waals surface area contributed by atoms with E-state index in [9.17, 15) is 8.78 Å². The minimum absolute atomic E-state index is 0.266. The summed E-state index contributed by atoms with van der Waals surface area (Å²) in [4.78, 5) is 0. The lowest BCUT2D eigenvalue weighted by Gasteiger charge is -2.03. The van der Waals surface area contributed by atoms with Crippen molar-refractivity contribution in [2.45, 2.75) is 13.5 Å². The fourth-order valence-electron chi connectivity index (χ4n) is 1.40. The van der Waals surface area contributed by atoms with Crippen molar-refractivity contribution in [1.29, 1.82) is 5.26 Å². The van der Waals surface area contributed by atoms with Crippen LogP contribution in [-0.2, 0) is 6.54 Å². The minimum Gasteiger partial charge on any atom is -0.243 e. The van der Waals surface area contributed by atoms with E-state index in [1.54, 1.807) is 6.92 Å². The predicted molar refractivity (Wildman–Crippen MR) is 52.2 cm³/mol. The summed E-state index contributed by atoms with van der Waals surface area (Å²) in [7, 11) is 0. The maximum absolute atomic E-state index is 13.0. The smallest absolute Gasteiger partial charge is 0.161 e. The van der Waals surface area contributed by atoms with Crippen molar-refractivity contribution in [1.82, 2.24) is 15.0 Å². The summed E-state index contributed by atoms with van der Waals surface area (Å²) < 4.78 is 27.3. The Bertz CT molecular complexity index is 570. The average Bonchev–Trinajstić information content (AvgIpc) is 2.62. The molecule has 0 aliphatic heterocycles. The van der Waals surface area contributed by atoms with Crippen molar-refractivity contribution in [3.63, 3.8) is 0 Å². The Morgan fingerprint density at radius 3 is 2.81 bits per heavy atom. The van der Waals surface area contributed by atoms with Crippen molar-refractivity contribution in [3.05, 3.63) is 23.8 Å². The highest BCUT2D eigenvalue weighted by atomic mass is 19.2. The molecule has 1 unspecified atom stereocenters. The van der Waals surface area contributed by atoms with E-state index in [4.69, 9.17) is 5.26 Å². The van der Waals surface area contributed by atoms with Gasteiger partial charge in [0.25, 0.3) is 0 Å². The van der Waals surface area contributed by atoms with Crippen LogP contribution in [0.15, 0.2) is 12.1 Å². The first kappa shape index (κ1) is 10.5. The Kier molecular flexibility index (Phi) is 2.52. The molecule has 1 aromatic carbocycles. The number of rotatable bonds is 2. The molecule has 4 nitrogen and oxygen atoms in total. The third-order valence-corrected chi connectivity index (χ3v) is 2.22. The van der Waals surface area contributed by atoms with Gasteiger partial charge < -0.3 is 0 Å². The Morgan fingerprint density at radius 1 is 1.44 bits per heavy atom. The number of aromatic nitrogens is 3. The van der Waals surface area contributed by atoms with E-state index in [-0.39, 0.29) is 11.4 Å². The van der Waals surface area contributed by atoms with E-state index < -0.39 is 11.6 Å². The van der Waals surface area contributed by atoms with Crippen LogP contribution >= 0.6 is 0 Å². The minimum atomic E-state index is -0.951. The molecule has 0 N–H and O–H groups in total. The molecule has 16 heavy (non-hydrogen) atoms. The van der Waals surface area contributed by atoms with Crippen molar-refractivity contribution in [3.8, 4) is 6.07 Å². The number of nitriles is 1. The second-order valence-electron chi connectivity index (χ2n) is 3.56. The number of fused-ring (bicyclic) bond motifs is 1. The quantitative estimate of drug-likeness (QED) is 0.779. The van der Waals surface area contributed by atoms with Crippen LogP contribution in [0.3, 0.4) is 0 Å². The third kappa shape index (κ3) is 1.72. The maximum Gasteiger partial charge on any atom is 0.161 e. The van der Waals surface area contributed by atoms with Gasteiger partial charge in [0.1, 0.15) is 5.52 Å². The fraction of sp³-hybridized carbons (Fsp3) is 0.300. The summed E-state index contributed by atoms with van der Waals surface area (Å²) in [5, 5.41) is 16.1. The molecule has 0 aliphatic carbocycles. The number of hydrogen-bond donors (Lipinski definition) is 0. The normalized spacial score (nSPS) is 12.6. The molecular weight excluding hydrogens is 214 g/mol.